The zero-order valence-corrected chi connectivity index (χ0v) is 11.2. The van der Waals surface area contributed by atoms with Crippen molar-refractivity contribution < 1.29 is 14.6 Å². The normalized spacial score (nSPS) is 15.8. The fraction of sp³-hybridized carbons (Fsp3) is 0.571. The molecule has 18 heavy (non-hydrogen) atoms. The van der Waals surface area contributed by atoms with Crippen LogP contribution >= 0.6 is 0 Å². The number of ether oxygens (including phenoxy) is 2. The number of hydrogen-bond donors (Lipinski definition) is 2. The quantitative estimate of drug-likeness (QED) is 0.858. The van der Waals surface area contributed by atoms with Gasteiger partial charge in [0.05, 0.1) is 6.10 Å². The first kappa shape index (κ1) is 13.2. The highest BCUT2D eigenvalue weighted by Gasteiger charge is 2.21. The van der Waals surface area contributed by atoms with Gasteiger partial charge < -0.3 is 19.9 Å². The molecule has 0 spiro atoms. The first-order valence-electron chi connectivity index (χ1n) is 6.24. The van der Waals surface area contributed by atoms with Crippen LogP contribution in [0.1, 0.15) is 26.3 Å². The minimum absolute atomic E-state index is 0.0954. The third kappa shape index (κ3) is 3.15. The fourth-order valence-electron chi connectivity index (χ4n) is 1.71. The summed E-state index contributed by atoms with van der Waals surface area (Å²) < 4.78 is 10.6. The second-order valence-electron chi connectivity index (χ2n) is 5.70. The maximum Gasteiger partial charge on any atom is 0.231 e. The van der Waals surface area contributed by atoms with Gasteiger partial charge in [-0.3, -0.25) is 0 Å². The average Bonchev–Trinajstić information content (AvgIpc) is 2.74. The fourth-order valence-corrected chi connectivity index (χ4v) is 1.71. The summed E-state index contributed by atoms with van der Waals surface area (Å²) in [5.74, 6) is 1.60. The lowest BCUT2D eigenvalue weighted by atomic mass is 9.89. The zero-order valence-electron chi connectivity index (χ0n) is 11.2. The molecule has 1 aromatic carbocycles. The molecule has 1 unspecified atom stereocenters. The smallest absolute Gasteiger partial charge is 0.231 e. The molecule has 2 N–H and O–H groups in total. The van der Waals surface area contributed by atoms with Gasteiger partial charge in [0.1, 0.15) is 0 Å². The van der Waals surface area contributed by atoms with Gasteiger partial charge in [-0.05, 0) is 23.1 Å². The second-order valence-corrected chi connectivity index (χ2v) is 5.70. The van der Waals surface area contributed by atoms with E-state index in [9.17, 15) is 5.11 Å². The summed E-state index contributed by atoms with van der Waals surface area (Å²) in [5.41, 5.74) is 1.03. The second kappa shape index (κ2) is 5.16. The molecule has 0 aliphatic carbocycles. The van der Waals surface area contributed by atoms with E-state index in [1.165, 1.54) is 0 Å². The van der Waals surface area contributed by atoms with Crippen LogP contribution in [-0.2, 0) is 6.54 Å². The summed E-state index contributed by atoms with van der Waals surface area (Å²) in [6.07, 6.45) is -0.355. The van der Waals surface area contributed by atoms with Gasteiger partial charge in [-0.2, -0.15) is 0 Å². The number of nitrogens with one attached hydrogen (secondary N) is 1. The van der Waals surface area contributed by atoms with Crippen LogP contribution in [-0.4, -0.2) is 24.5 Å². The molecule has 100 valence electrons. The molecule has 0 radical (unpaired) electrons. The minimum atomic E-state index is -0.355. The van der Waals surface area contributed by atoms with Gasteiger partial charge >= 0.3 is 0 Å². The van der Waals surface area contributed by atoms with Crippen LogP contribution in [0.5, 0.6) is 11.5 Å². The van der Waals surface area contributed by atoms with Crippen molar-refractivity contribution in [1.82, 2.24) is 5.32 Å². The summed E-state index contributed by atoms with van der Waals surface area (Å²) in [4.78, 5) is 0. The van der Waals surface area contributed by atoms with Crippen LogP contribution in [0.25, 0.3) is 0 Å². The van der Waals surface area contributed by atoms with Gasteiger partial charge in [0, 0.05) is 13.1 Å². The maximum absolute atomic E-state index is 9.91. The van der Waals surface area contributed by atoms with Crippen LogP contribution in [0.2, 0.25) is 0 Å². The average molecular weight is 251 g/mol. The monoisotopic (exact) mass is 251 g/mol. The van der Waals surface area contributed by atoms with Gasteiger partial charge in [0.2, 0.25) is 6.79 Å². The first-order chi connectivity index (χ1) is 8.47. The molecule has 0 saturated carbocycles. The Kier molecular flexibility index (Phi) is 3.78. The topological polar surface area (TPSA) is 50.7 Å². The van der Waals surface area contributed by atoms with Crippen LogP contribution in [0.4, 0.5) is 0 Å². The molecule has 2 rings (SSSR count). The predicted octanol–water partition coefficient (Wildman–Crippen LogP) is 1.91. The highest BCUT2D eigenvalue weighted by atomic mass is 16.7. The van der Waals surface area contributed by atoms with Gasteiger partial charge in [-0.1, -0.05) is 26.8 Å². The Bertz CT molecular complexity index is 412. The lowest BCUT2D eigenvalue weighted by molar-refractivity contribution is 0.0627. The molecule has 0 amide bonds. The minimum Gasteiger partial charge on any atom is -0.454 e. The standard InChI is InChI=1S/C14H21NO3/c1-14(2,3)13(16)8-15-7-10-4-5-11-12(6-10)18-9-17-11/h4-6,13,15-16H,7-9H2,1-3H3. The van der Waals surface area contributed by atoms with Crippen molar-refractivity contribution >= 4 is 0 Å². The summed E-state index contributed by atoms with van der Waals surface area (Å²) in [6.45, 7) is 7.68. The van der Waals surface area contributed by atoms with E-state index in [0.717, 1.165) is 17.1 Å². The highest BCUT2D eigenvalue weighted by Crippen LogP contribution is 2.32. The van der Waals surface area contributed by atoms with Crippen molar-refractivity contribution in [2.75, 3.05) is 13.3 Å². The van der Waals surface area contributed by atoms with Crippen molar-refractivity contribution in [2.24, 2.45) is 5.41 Å². The SMILES string of the molecule is CC(C)(C)C(O)CNCc1ccc2c(c1)OCO2. The highest BCUT2D eigenvalue weighted by molar-refractivity contribution is 5.44. The number of benzene rings is 1. The zero-order chi connectivity index (χ0) is 13.2. The van der Waals surface area contributed by atoms with Crippen LogP contribution < -0.4 is 14.8 Å². The van der Waals surface area contributed by atoms with E-state index < -0.39 is 0 Å². The van der Waals surface area contributed by atoms with Crippen LogP contribution in [0.3, 0.4) is 0 Å². The largest absolute Gasteiger partial charge is 0.454 e. The molecule has 0 bridgehead atoms. The molecule has 1 atom stereocenters. The molecule has 0 fully saturated rings. The van der Waals surface area contributed by atoms with Crippen molar-refractivity contribution in [2.45, 2.75) is 33.4 Å². The molecule has 0 saturated heterocycles. The number of hydrogen-bond acceptors (Lipinski definition) is 4. The molecule has 1 heterocycles. The van der Waals surface area contributed by atoms with E-state index in [4.69, 9.17) is 9.47 Å². The molecule has 1 aliphatic heterocycles. The number of fused-ring (bicyclic) bond motifs is 1. The molecule has 1 aliphatic rings. The number of aliphatic hydroxyl groups is 1. The molecule has 0 aromatic heterocycles. The lowest BCUT2D eigenvalue weighted by Gasteiger charge is -2.26. The summed E-state index contributed by atoms with van der Waals surface area (Å²) in [6, 6.07) is 5.89. The Morgan fingerprint density at radius 1 is 1.28 bits per heavy atom. The summed E-state index contributed by atoms with van der Waals surface area (Å²) >= 11 is 0. The van der Waals surface area contributed by atoms with Crippen molar-refractivity contribution in [3.05, 3.63) is 23.8 Å². The Morgan fingerprint density at radius 2 is 2.00 bits per heavy atom. The molecule has 4 nitrogen and oxygen atoms in total. The Labute approximate surface area is 108 Å². The van der Waals surface area contributed by atoms with Crippen LogP contribution in [0, 0.1) is 5.41 Å². The molecular formula is C14H21NO3. The van der Waals surface area contributed by atoms with Gasteiger partial charge in [0.25, 0.3) is 0 Å². The van der Waals surface area contributed by atoms with E-state index in [2.05, 4.69) is 5.32 Å². The van der Waals surface area contributed by atoms with E-state index in [1.54, 1.807) is 0 Å². The van der Waals surface area contributed by atoms with Crippen molar-refractivity contribution in [3.63, 3.8) is 0 Å². The first-order valence-corrected chi connectivity index (χ1v) is 6.24. The van der Waals surface area contributed by atoms with E-state index >= 15 is 0 Å². The third-order valence-corrected chi connectivity index (χ3v) is 3.10. The van der Waals surface area contributed by atoms with E-state index in [0.29, 0.717) is 19.9 Å². The van der Waals surface area contributed by atoms with Gasteiger partial charge in [0.15, 0.2) is 11.5 Å². The van der Waals surface area contributed by atoms with Crippen molar-refractivity contribution in [1.29, 1.82) is 0 Å². The maximum atomic E-state index is 9.91. The third-order valence-electron chi connectivity index (χ3n) is 3.10. The van der Waals surface area contributed by atoms with E-state index in [-0.39, 0.29) is 11.5 Å². The van der Waals surface area contributed by atoms with Gasteiger partial charge in [-0.15, -0.1) is 0 Å². The number of aliphatic hydroxyl groups excluding tert-OH is 1. The number of rotatable bonds is 4. The molecular weight excluding hydrogens is 230 g/mol. The summed E-state index contributed by atoms with van der Waals surface area (Å²) in [7, 11) is 0. The molecule has 1 aromatic rings. The Morgan fingerprint density at radius 3 is 2.72 bits per heavy atom. The van der Waals surface area contributed by atoms with Gasteiger partial charge in [-0.25, -0.2) is 0 Å². The van der Waals surface area contributed by atoms with E-state index in [1.807, 2.05) is 39.0 Å². The Balaban J connectivity index is 1.84. The van der Waals surface area contributed by atoms with Crippen LogP contribution in [0.15, 0.2) is 18.2 Å². The lowest BCUT2D eigenvalue weighted by Crippen LogP contribution is -2.36. The Hall–Kier alpha value is -1.26. The summed E-state index contributed by atoms with van der Waals surface area (Å²) in [5, 5.41) is 13.2. The van der Waals surface area contributed by atoms with Crippen molar-refractivity contribution in [3.8, 4) is 11.5 Å². The molecule has 4 heteroatoms. The predicted molar refractivity (Wildman–Crippen MR) is 69.7 cm³/mol.